The summed E-state index contributed by atoms with van der Waals surface area (Å²) in [5, 5.41) is 4.20. The Kier molecular flexibility index (Phi) is 6.55. The average molecular weight is 446 g/mol. The lowest BCUT2D eigenvalue weighted by Gasteiger charge is -2.36. The van der Waals surface area contributed by atoms with Gasteiger partial charge in [0, 0.05) is 45.0 Å². The quantitative estimate of drug-likeness (QED) is 0.710. The Balaban J connectivity index is 1.38. The van der Waals surface area contributed by atoms with Crippen LogP contribution < -0.4 is 0 Å². The second-order valence-electron chi connectivity index (χ2n) is 8.66. The van der Waals surface area contributed by atoms with E-state index in [0.717, 1.165) is 68.7 Å². The molecule has 3 heterocycles. The largest absolute Gasteiger partial charge is 0.342 e. The summed E-state index contributed by atoms with van der Waals surface area (Å²) in [6.45, 7) is 5.30. The Bertz CT molecular complexity index is 974. The molecular weight excluding hydrogens is 416 g/mol. The number of amides is 2. The van der Waals surface area contributed by atoms with Crippen molar-refractivity contribution in [2.45, 2.75) is 38.6 Å². The molecule has 9 heteroatoms. The van der Waals surface area contributed by atoms with Gasteiger partial charge in [-0.05, 0) is 50.8 Å². The third kappa shape index (κ3) is 4.53. The first-order chi connectivity index (χ1) is 15.3. The van der Waals surface area contributed by atoms with Crippen molar-refractivity contribution in [1.29, 1.82) is 0 Å². The maximum absolute atomic E-state index is 14.2. The molecule has 4 rings (SSSR count). The van der Waals surface area contributed by atoms with E-state index in [0.29, 0.717) is 12.2 Å². The Morgan fingerprint density at radius 2 is 1.72 bits per heavy atom. The summed E-state index contributed by atoms with van der Waals surface area (Å²) in [7, 11) is 1.73. The fourth-order valence-electron chi connectivity index (χ4n) is 4.57. The topological polar surface area (TPSA) is 61.7 Å². The molecule has 1 aromatic carbocycles. The molecule has 0 bridgehead atoms. The van der Waals surface area contributed by atoms with Crippen molar-refractivity contribution >= 4 is 11.8 Å². The van der Waals surface area contributed by atoms with Gasteiger partial charge in [-0.3, -0.25) is 14.5 Å². The number of nitrogens with zero attached hydrogens (tertiary/aromatic N) is 5. The van der Waals surface area contributed by atoms with Gasteiger partial charge in [0.15, 0.2) is 17.3 Å². The summed E-state index contributed by atoms with van der Waals surface area (Å²) in [6.07, 6.45) is 3.69. The lowest BCUT2D eigenvalue weighted by Crippen LogP contribution is -2.48. The molecule has 32 heavy (non-hydrogen) atoms. The van der Waals surface area contributed by atoms with E-state index in [4.69, 9.17) is 0 Å². The van der Waals surface area contributed by atoms with Crippen molar-refractivity contribution in [3.8, 4) is 5.69 Å². The summed E-state index contributed by atoms with van der Waals surface area (Å²) >= 11 is 0. The number of hydrogen-bond acceptors (Lipinski definition) is 4. The van der Waals surface area contributed by atoms with Crippen LogP contribution in [0.3, 0.4) is 0 Å². The maximum atomic E-state index is 14.2. The SMILES string of the molecule is Cc1cc(C(=O)N(C)C2CCN(CC(=O)N3CCCC3)CC2)nn1-c1c(F)cccc1F. The van der Waals surface area contributed by atoms with E-state index in [2.05, 4.69) is 10.00 Å². The van der Waals surface area contributed by atoms with Crippen LogP contribution in [-0.2, 0) is 4.79 Å². The fraction of sp³-hybridized carbons (Fsp3) is 0.522. The van der Waals surface area contributed by atoms with Gasteiger partial charge in [0.2, 0.25) is 5.91 Å². The Morgan fingerprint density at radius 3 is 2.34 bits per heavy atom. The molecule has 2 aliphatic heterocycles. The zero-order valence-corrected chi connectivity index (χ0v) is 18.6. The van der Waals surface area contributed by atoms with Crippen LogP contribution in [0.4, 0.5) is 8.78 Å². The summed E-state index contributed by atoms with van der Waals surface area (Å²) in [5.74, 6) is -1.57. The van der Waals surface area contributed by atoms with Gasteiger partial charge in [0.1, 0.15) is 5.69 Å². The van der Waals surface area contributed by atoms with Crippen LogP contribution in [0.25, 0.3) is 5.69 Å². The molecule has 0 spiro atoms. The van der Waals surface area contributed by atoms with Crippen LogP contribution >= 0.6 is 0 Å². The molecule has 2 aromatic rings. The van der Waals surface area contributed by atoms with Crippen molar-refractivity contribution in [1.82, 2.24) is 24.5 Å². The van der Waals surface area contributed by atoms with E-state index >= 15 is 0 Å². The number of para-hydroxylation sites is 1. The van der Waals surface area contributed by atoms with Crippen molar-refractivity contribution < 1.29 is 18.4 Å². The predicted octanol–water partition coefficient (Wildman–Crippen LogP) is 2.62. The summed E-state index contributed by atoms with van der Waals surface area (Å²) in [6, 6.07) is 5.19. The number of carbonyl (C=O) groups excluding carboxylic acids is 2. The highest BCUT2D eigenvalue weighted by Crippen LogP contribution is 2.22. The molecule has 7 nitrogen and oxygen atoms in total. The van der Waals surface area contributed by atoms with Crippen LogP contribution in [0.1, 0.15) is 41.9 Å². The molecule has 0 radical (unpaired) electrons. The molecular formula is C23H29F2N5O2. The number of piperidine rings is 1. The average Bonchev–Trinajstić information content (AvgIpc) is 3.44. The second kappa shape index (κ2) is 9.36. The normalized spacial score (nSPS) is 17.7. The van der Waals surface area contributed by atoms with Gasteiger partial charge < -0.3 is 9.80 Å². The highest BCUT2D eigenvalue weighted by atomic mass is 19.1. The van der Waals surface area contributed by atoms with E-state index in [1.807, 2.05) is 4.90 Å². The number of aryl methyl sites for hydroxylation is 1. The highest BCUT2D eigenvalue weighted by Gasteiger charge is 2.29. The van der Waals surface area contributed by atoms with Crippen molar-refractivity contribution in [3.05, 3.63) is 47.3 Å². The molecule has 2 amide bonds. The predicted molar refractivity (Wildman–Crippen MR) is 116 cm³/mol. The lowest BCUT2D eigenvalue weighted by molar-refractivity contribution is -0.131. The fourth-order valence-corrected chi connectivity index (χ4v) is 4.57. The van der Waals surface area contributed by atoms with Crippen LogP contribution in [0.2, 0.25) is 0 Å². The van der Waals surface area contributed by atoms with Crippen molar-refractivity contribution in [2.24, 2.45) is 0 Å². The van der Waals surface area contributed by atoms with Crippen LogP contribution in [0.15, 0.2) is 24.3 Å². The van der Waals surface area contributed by atoms with Crippen molar-refractivity contribution in [3.63, 3.8) is 0 Å². The third-order valence-electron chi connectivity index (χ3n) is 6.50. The van der Waals surface area contributed by atoms with Gasteiger partial charge >= 0.3 is 0 Å². The minimum atomic E-state index is -0.737. The van der Waals surface area contributed by atoms with Gasteiger partial charge in [-0.1, -0.05) is 6.07 Å². The van der Waals surface area contributed by atoms with Crippen LogP contribution in [0.5, 0.6) is 0 Å². The molecule has 0 aliphatic carbocycles. The zero-order chi connectivity index (χ0) is 22.8. The summed E-state index contributed by atoms with van der Waals surface area (Å²) in [4.78, 5) is 31.1. The number of benzene rings is 1. The third-order valence-corrected chi connectivity index (χ3v) is 6.50. The Labute approximate surface area is 186 Å². The Morgan fingerprint density at radius 1 is 1.09 bits per heavy atom. The first kappa shape index (κ1) is 22.4. The standard InChI is InChI=1S/C23H29F2N5O2/c1-16-14-20(26-30(16)22-18(24)6-5-7-19(22)25)23(32)27(2)17-8-12-28(13-9-17)15-21(31)29-10-3-4-11-29/h5-7,14,17H,3-4,8-13,15H2,1-2H3. The van der Waals surface area contributed by atoms with E-state index in [9.17, 15) is 18.4 Å². The number of rotatable bonds is 5. The van der Waals surface area contributed by atoms with E-state index < -0.39 is 11.6 Å². The molecule has 0 unspecified atom stereocenters. The van der Waals surface area contributed by atoms with E-state index in [1.54, 1.807) is 24.9 Å². The molecule has 0 atom stereocenters. The number of halogens is 2. The van der Waals surface area contributed by atoms with Gasteiger partial charge in [-0.2, -0.15) is 5.10 Å². The first-order valence-electron chi connectivity index (χ1n) is 11.1. The Hall–Kier alpha value is -2.81. The van der Waals surface area contributed by atoms with Crippen molar-refractivity contribution in [2.75, 3.05) is 39.8 Å². The number of carbonyl (C=O) groups is 2. The minimum absolute atomic E-state index is 0.0243. The molecule has 2 aliphatic rings. The number of aromatic nitrogens is 2. The monoisotopic (exact) mass is 445 g/mol. The molecule has 0 N–H and O–H groups in total. The summed E-state index contributed by atoms with van der Waals surface area (Å²) < 4.78 is 29.5. The lowest BCUT2D eigenvalue weighted by atomic mass is 10.0. The zero-order valence-electron chi connectivity index (χ0n) is 18.6. The van der Waals surface area contributed by atoms with Crippen LogP contribution in [-0.4, -0.2) is 82.1 Å². The van der Waals surface area contributed by atoms with Gasteiger partial charge in [0.25, 0.3) is 5.91 Å². The number of hydrogen-bond donors (Lipinski definition) is 0. The molecule has 2 fully saturated rings. The van der Waals surface area contributed by atoms with E-state index in [1.165, 1.54) is 6.07 Å². The maximum Gasteiger partial charge on any atom is 0.274 e. The smallest absolute Gasteiger partial charge is 0.274 e. The summed E-state index contributed by atoms with van der Waals surface area (Å²) in [5.41, 5.74) is 0.336. The first-order valence-corrected chi connectivity index (χ1v) is 11.1. The van der Waals surface area contributed by atoms with Gasteiger partial charge in [0.05, 0.1) is 6.54 Å². The van der Waals surface area contributed by atoms with E-state index in [-0.39, 0.29) is 29.2 Å². The van der Waals surface area contributed by atoms with Crippen LogP contribution in [0, 0.1) is 18.6 Å². The van der Waals surface area contributed by atoms with Gasteiger partial charge in [-0.15, -0.1) is 0 Å². The minimum Gasteiger partial charge on any atom is -0.342 e. The molecule has 172 valence electrons. The molecule has 1 aromatic heterocycles. The highest BCUT2D eigenvalue weighted by molar-refractivity contribution is 5.92. The second-order valence-corrected chi connectivity index (χ2v) is 8.66. The van der Waals surface area contributed by atoms with Gasteiger partial charge in [-0.25, -0.2) is 13.5 Å². The molecule has 2 saturated heterocycles. The number of likely N-dealkylation sites (tertiary alicyclic amines) is 2. The molecule has 0 saturated carbocycles.